The van der Waals surface area contributed by atoms with Gasteiger partial charge in [-0.1, -0.05) is 18.5 Å². The minimum absolute atomic E-state index is 0.0340. The Balaban J connectivity index is 2.00. The molecule has 0 amide bonds. The maximum absolute atomic E-state index is 12.1. The molecule has 21 heavy (non-hydrogen) atoms. The number of benzene rings is 1. The van der Waals surface area contributed by atoms with Crippen LogP contribution in [0.2, 0.25) is 5.02 Å². The van der Waals surface area contributed by atoms with Crippen LogP contribution in [0.4, 0.5) is 14.5 Å². The minimum atomic E-state index is -2.88. The Morgan fingerprint density at radius 2 is 2.24 bits per heavy atom. The van der Waals surface area contributed by atoms with E-state index in [1.54, 1.807) is 24.7 Å². The Morgan fingerprint density at radius 1 is 1.43 bits per heavy atom. The molecule has 0 spiro atoms. The van der Waals surface area contributed by atoms with Gasteiger partial charge < -0.3 is 14.6 Å². The van der Waals surface area contributed by atoms with Crippen LogP contribution in [0.15, 0.2) is 30.7 Å². The number of halogens is 3. The van der Waals surface area contributed by atoms with Crippen molar-refractivity contribution >= 4 is 17.3 Å². The number of rotatable bonds is 7. The molecule has 1 N–H and O–H groups in total. The highest BCUT2D eigenvalue weighted by molar-refractivity contribution is 6.32. The van der Waals surface area contributed by atoms with Gasteiger partial charge in [-0.25, -0.2) is 4.98 Å². The van der Waals surface area contributed by atoms with Crippen LogP contribution in [-0.2, 0) is 13.1 Å². The minimum Gasteiger partial charge on any atom is -0.433 e. The molecule has 0 bridgehead atoms. The van der Waals surface area contributed by atoms with Crippen molar-refractivity contribution in [2.45, 2.75) is 33.0 Å². The fourth-order valence-electron chi connectivity index (χ4n) is 1.93. The first-order valence-corrected chi connectivity index (χ1v) is 6.95. The van der Waals surface area contributed by atoms with Crippen LogP contribution < -0.4 is 10.1 Å². The zero-order valence-electron chi connectivity index (χ0n) is 11.5. The van der Waals surface area contributed by atoms with Gasteiger partial charge in [0.25, 0.3) is 0 Å². The topological polar surface area (TPSA) is 39.1 Å². The highest BCUT2D eigenvalue weighted by Gasteiger charge is 2.09. The molecule has 1 heterocycles. The second-order valence-corrected chi connectivity index (χ2v) is 4.86. The van der Waals surface area contributed by atoms with Gasteiger partial charge in [0, 0.05) is 18.4 Å². The Hall–Kier alpha value is -1.82. The quantitative estimate of drug-likeness (QED) is 0.834. The van der Waals surface area contributed by atoms with E-state index in [0.29, 0.717) is 6.54 Å². The monoisotopic (exact) mass is 315 g/mol. The van der Waals surface area contributed by atoms with Crippen LogP contribution in [0.5, 0.6) is 5.75 Å². The lowest BCUT2D eigenvalue weighted by molar-refractivity contribution is -0.0497. The van der Waals surface area contributed by atoms with E-state index < -0.39 is 6.61 Å². The van der Waals surface area contributed by atoms with Crippen LogP contribution >= 0.6 is 11.6 Å². The van der Waals surface area contributed by atoms with E-state index in [-0.39, 0.29) is 10.8 Å². The van der Waals surface area contributed by atoms with Gasteiger partial charge in [-0.3, -0.25) is 0 Å². The van der Waals surface area contributed by atoms with E-state index in [0.717, 1.165) is 24.3 Å². The first kappa shape index (κ1) is 15.6. The van der Waals surface area contributed by atoms with Crippen molar-refractivity contribution < 1.29 is 13.5 Å². The lowest BCUT2D eigenvalue weighted by Gasteiger charge is -2.11. The van der Waals surface area contributed by atoms with Crippen molar-refractivity contribution in [3.63, 3.8) is 0 Å². The Morgan fingerprint density at radius 3 is 2.90 bits per heavy atom. The van der Waals surface area contributed by atoms with Crippen LogP contribution in [0, 0.1) is 0 Å². The van der Waals surface area contributed by atoms with Gasteiger partial charge in [0.05, 0.1) is 23.6 Å². The summed E-state index contributed by atoms with van der Waals surface area (Å²) in [5.41, 5.74) is 1.77. The van der Waals surface area contributed by atoms with Crippen molar-refractivity contribution in [3.8, 4) is 5.75 Å². The second-order valence-electron chi connectivity index (χ2n) is 4.46. The molecule has 2 aromatic rings. The molecule has 0 radical (unpaired) electrons. The van der Waals surface area contributed by atoms with Gasteiger partial charge in [-0.05, 0) is 24.6 Å². The molecular formula is C14H16ClF2N3O. The summed E-state index contributed by atoms with van der Waals surface area (Å²) in [4.78, 5) is 4.11. The molecule has 0 aliphatic rings. The van der Waals surface area contributed by atoms with E-state index >= 15 is 0 Å². The molecule has 2 rings (SSSR count). The van der Waals surface area contributed by atoms with Crippen LogP contribution in [0.1, 0.15) is 19.0 Å². The van der Waals surface area contributed by atoms with Crippen molar-refractivity contribution in [2.75, 3.05) is 5.32 Å². The molecule has 1 aromatic carbocycles. The zero-order valence-corrected chi connectivity index (χ0v) is 12.3. The highest BCUT2D eigenvalue weighted by atomic mass is 35.5. The zero-order chi connectivity index (χ0) is 15.2. The smallest absolute Gasteiger partial charge is 0.387 e. The molecule has 0 unspecified atom stereocenters. The Labute approximate surface area is 126 Å². The first-order valence-electron chi connectivity index (χ1n) is 6.57. The average Bonchev–Trinajstić information content (AvgIpc) is 2.87. The summed E-state index contributed by atoms with van der Waals surface area (Å²) in [5.74, 6) is -0.0340. The van der Waals surface area contributed by atoms with Gasteiger partial charge in [0.2, 0.25) is 0 Å². The van der Waals surface area contributed by atoms with Gasteiger partial charge in [-0.15, -0.1) is 0 Å². The van der Waals surface area contributed by atoms with Gasteiger partial charge >= 0.3 is 6.61 Å². The van der Waals surface area contributed by atoms with Gasteiger partial charge in [0.15, 0.2) is 0 Å². The fourth-order valence-corrected chi connectivity index (χ4v) is 2.16. The molecule has 4 nitrogen and oxygen atoms in total. The number of hydrogen-bond donors (Lipinski definition) is 1. The predicted octanol–water partition coefficient (Wildman–Crippen LogP) is 4.16. The van der Waals surface area contributed by atoms with E-state index in [1.807, 2.05) is 0 Å². The molecule has 1 aromatic heterocycles. The van der Waals surface area contributed by atoms with Crippen LogP contribution in [0.25, 0.3) is 0 Å². The third kappa shape index (κ3) is 4.32. The van der Waals surface area contributed by atoms with Crippen molar-refractivity contribution in [3.05, 3.63) is 41.4 Å². The number of ether oxygens (including phenoxy) is 1. The molecule has 7 heteroatoms. The average molecular weight is 316 g/mol. The second kappa shape index (κ2) is 7.26. The number of imidazole rings is 1. The summed E-state index contributed by atoms with van der Waals surface area (Å²) in [6.45, 7) is 0.688. The summed E-state index contributed by atoms with van der Waals surface area (Å²) >= 11 is 5.90. The normalized spacial score (nSPS) is 10.9. The first-order chi connectivity index (χ1) is 10.1. The summed E-state index contributed by atoms with van der Waals surface area (Å²) in [7, 11) is 0. The lowest BCUT2D eigenvalue weighted by atomic mass is 10.3. The molecule has 114 valence electrons. The summed E-state index contributed by atoms with van der Waals surface area (Å²) in [6, 6.07) is 4.62. The van der Waals surface area contributed by atoms with Gasteiger partial charge in [0.1, 0.15) is 5.75 Å². The van der Waals surface area contributed by atoms with E-state index in [4.69, 9.17) is 11.6 Å². The summed E-state index contributed by atoms with van der Waals surface area (Å²) in [5, 5.41) is 3.32. The third-order valence-corrected chi connectivity index (χ3v) is 3.18. The number of hydrogen-bond acceptors (Lipinski definition) is 3. The largest absolute Gasteiger partial charge is 0.433 e. The molecular weight excluding hydrogens is 300 g/mol. The molecule has 0 fully saturated rings. The Bertz CT molecular complexity index is 589. The van der Waals surface area contributed by atoms with Crippen molar-refractivity contribution in [1.29, 1.82) is 0 Å². The molecule has 0 aliphatic heterocycles. The van der Waals surface area contributed by atoms with E-state index in [1.165, 1.54) is 6.07 Å². The number of nitrogens with one attached hydrogen (secondary N) is 1. The summed E-state index contributed by atoms with van der Waals surface area (Å²) < 4.78 is 30.6. The van der Waals surface area contributed by atoms with Crippen molar-refractivity contribution in [1.82, 2.24) is 9.55 Å². The Kier molecular flexibility index (Phi) is 5.38. The third-order valence-electron chi connectivity index (χ3n) is 2.88. The van der Waals surface area contributed by atoms with Crippen molar-refractivity contribution in [2.24, 2.45) is 0 Å². The standard InChI is InChI=1S/C14H16ClF2N3O/c1-2-5-20-9-18-7-11(20)8-19-10-3-4-13(12(15)6-10)21-14(16)17/h3-4,6-7,9,14,19H,2,5,8H2,1H3. The van der Waals surface area contributed by atoms with Crippen LogP contribution in [-0.4, -0.2) is 16.2 Å². The maximum Gasteiger partial charge on any atom is 0.387 e. The number of anilines is 1. The molecule has 0 saturated carbocycles. The number of aryl methyl sites for hydroxylation is 1. The fraction of sp³-hybridized carbons (Fsp3) is 0.357. The summed E-state index contributed by atoms with van der Waals surface area (Å²) in [6.07, 6.45) is 4.60. The van der Waals surface area contributed by atoms with Crippen LogP contribution in [0.3, 0.4) is 0 Å². The lowest BCUT2D eigenvalue weighted by Crippen LogP contribution is -2.07. The highest BCUT2D eigenvalue weighted by Crippen LogP contribution is 2.29. The molecule has 0 saturated heterocycles. The number of aromatic nitrogens is 2. The number of alkyl halides is 2. The van der Waals surface area contributed by atoms with E-state index in [2.05, 4.69) is 26.5 Å². The SMILES string of the molecule is CCCn1cncc1CNc1ccc(OC(F)F)c(Cl)c1. The molecule has 0 aliphatic carbocycles. The molecule has 0 atom stereocenters. The predicted molar refractivity (Wildman–Crippen MR) is 77.9 cm³/mol. The van der Waals surface area contributed by atoms with E-state index in [9.17, 15) is 8.78 Å². The maximum atomic E-state index is 12.1. The van der Waals surface area contributed by atoms with Gasteiger partial charge in [-0.2, -0.15) is 8.78 Å². The number of nitrogens with zero attached hydrogens (tertiary/aromatic N) is 2.